The lowest BCUT2D eigenvalue weighted by Gasteiger charge is -2.09. The summed E-state index contributed by atoms with van der Waals surface area (Å²) in [6.07, 6.45) is 1.92. The Hall–Kier alpha value is -1.48. The molecule has 0 aliphatic rings. The van der Waals surface area contributed by atoms with E-state index in [0.717, 1.165) is 24.9 Å². The molecule has 23 heavy (non-hydrogen) atoms. The molecule has 0 aliphatic carbocycles. The summed E-state index contributed by atoms with van der Waals surface area (Å²) in [5.41, 5.74) is 10.7. The van der Waals surface area contributed by atoms with Crippen molar-refractivity contribution in [3.63, 3.8) is 0 Å². The van der Waals surface area contributed by atoms with Crippen LogP contribution in [0.5, 0.6) is 0 Å². The minimum absolute atomic E-state index is 0.594. The molecule has 2 aromatic carbocycles. The maximum Gasteiger partial charge on any atom is 0.0613 e. The van der Waals surface area contributed by atoms with E-state index < -0.39 is 0 Å². The Labute approximate surface area is 146 Å². The van der Waals surface area contributed by atoms with Crippen molar-refractivity contribution < 1.29 is 0 Å². The largest absolute Gasteiger partial charge is 0.340 e. The van der Waals surface area contributed by atoms with Crippen molar-refractivity contribution in [3.05, 3.63) is 69.3 Å². The van der Waals surface area contributed by atoms with Crippen molar-refractivity contribution in [3.8, 4) is 0 Å². The van der Waals surface area contributed by atoms with Crippen LogP contribution in [0.4, 0.5) is 0 Å². The Balaban J connectivity index is 2.15. The number of fused-ring (bicyclic) bond motifs is 1. The van der Waals surface area contributed by atoms with E-state index in [-0.39, 0.29) is 0 Å². The van der Waals surface area contributed by atoms with Crippen LogP contribution in [0.2, 0.25) is 10.0 Å². The minimum atomic E-state index is 0.594. The number of nitrogens with two attached hydrogens (primary N) is 1. The highest BCUT2D eigenvalue weighted by Gasteiger charge is 2.16. The van der Waals surface area contributed by atoms with Crippen molar-refractivity contribution in [2.45, 2.75) is 26.3 Å². The van der Waals surface area contributed by atoms with Gasteiger partial charge in [0.25, 0.3) is 0 Å². The monoisotopic (exact) mass is 346 g/mol. The normalized spacial score (nSPS) is 11.3. The molecule has 0 saturated carbocycles. The Morgan fingerprint density at radius 2 is 1.74 bits per heavy atom. The van der Waals surface area contributed by atoms with Gasteiger partial charge < -0.3 is 10.3 Å². The van der Waals surface area contributed by atoms with E-state index in [2.05, 4.69) is 35.8 Å². The van der Waals surface area contributed by atoms with Gasteiger partial charge in [-0.2, -0.15) is 0 Å². The van der Waals surface area contributed by atoms with Crippen LogP contribution in [0.15, 0.2) is 42.5 Å². The zero-order valence-electron chi connectivity index (χ0n) is 13.2. The Bertz CT molecular complexity index is 822. The Morgan fingerprint density at radius 3 is 2.43 bits per heavy atom. The van der Waals surface area contributed by atoms with Gasteiger partial charge in [-0.05, 0) is 49.6 Å². The molecule has 3 rings (SSSR count). The summed E-state index contributed by atoms with van der Waals surface area (Å²) in [7, 11) is 0. The molecule has 0 atom stereocenters. The fraction of sp³-hybridized carbons (Fsp3) is 0.263. The van der Waals surface area contributed by atoms with Gasteiger partial charge in [0.2, 0.25) is 0 Å². The van der Waals surface area contributed by atoms with E-state index >= 15 is 0 Å². The summed E-state index contributed by atoms with van der Waals surface area (Å²) in [5.74, 6) is 0. The second-order valence-corrected chi connectivity index (χ2v) is 6.63. The number of hydrogen-bond donors (Lipinski definition) is 1. The summed E-state index contributed by atoms with van der Waals surface area (Å²) in [6.45, 7) is 3.67. The molecule has 0 unspecified atom stereocenters. The molecule has 3 aromatic rings. The van der Waals surface area contributed by atoms with Gasteiger partial charge in [-0.1, -0.05) is 53.5 Å². The third-order valence-electron chi connectivity index (χ3n) is 4.31. The maximum absolute atomic E-state index is 6.26. The first-order chi connectivity index (χ1) is 11.1. The van der Waals surface area contributed by atoms with E-state index in [0.29, 0.717) is 16.6 Å². The molecule has 4 heteroatoms. The topological polar surface area (TPSA) is 30.9 Å². The van der Waals surface area contributed by atoms with Crippen molar-refractivity contribution in [2.75, 3.05) is 6.54 Å². The van der Waals surface area contributed by atoms with Crippen molar-refractivity contribution >= 4 is 34.1 Å². The third kappa shape index (κ3) is 3.25. The molecule has 2 N–H and O–H groups in total. The molecular weight excluding hydrogens is 327 g/mol. The van der Waals surface area contributed by atoms with Gasteiger partial charge in [0.05, 0.1) is 15.6 Å². The summed E-state index contributed by atoms with van der Waals surface area (Å²) >= 11 is 12.5. The standard InChI is InChI=1S/C19H20Cl2N2/c1-13-15(8-5-9-22)16-10-17(20)18(21)11-19(16)23(13)12-14-6-3-2-4-7-14/h2-4,6-7,10-11H,5,8-9,12,22H2,1H3. The van der Waals surface area contributed by atoms with Gasteiger partial charge in [0, 0.05) is 17.6 Å². The van der Waals surface area contributed by atoms with Gasteiger partial charge in [0.1, 0.15) is 0 Å². The van der Waals surface area contributed by atoms with Crippen molar-refractivity contribution in [1.29, 1.82) is 0 Å². The van der Waals surface area contributed by atoms with Crippen molar-refractivity contribution in [2.24, 2.45) is 5.73 Å². The SMILES string of the molecule is Cc1c(CCCN)c2cc(Cl)c(Cl)cc2n1Cc1ccccc1. The Morgan fingerprint density at radius 1 is 1.04 bits per heavy atom. The summed E-state index contributed by atoms with van der Waals surface area (Å²) in [6, 6.07) is 14.4. The first-order valence-electron chi connectivity index (χ1n) is 7.82. The number of benzene rings is 2. The summed E-state index contributed by atoms with van der Waals surface area (Å²) < 4.78 is 2.32. The average Bonchev–Trinajstić information content (AvgIpc) is 2.79. The maximum atomic E-state index is 6.26. The van der Waals surface area contributed by atoms with Crippen LogP contribution in [-0.4, -0.2) is 11.1 Å². The fourth-order valence-electron chi connectivity index (χ4n) is 3.10. The average molecular weight is 347 g/mol. The number of hydrogen-bond acceptors (Lipinski definition) is 1. The van der Waals surface area contributed by atoms with E-state index in [9.17, 15) is 0 Å². The van der Waals surface area contributed by atoms with Gasteiger partial charge in [-0.3, -0.25) is 0 Å². The lowest BCUT2D eigenvalue weighted by molar-refractivity contribution is 0.777. The lowest BCUT2D eigenvalue weighted by atomic mass is 10.1. The molecule has 0 aliphatic heterocycles. The smallest absolute Gasteiger partial charge is 0.0613 e. The van der Waals surface area contributed by atoms with Crippen LogP contribution in [0.25, 0.3) is 10.9 Å². The minimum Gasteiger partial charge on any atom is -0.340 e. The predicted molar refractivity (Wildman–Crippen MR) is 99.6 cm³/mol. The molecule has 1 aromatic heterocycles. The lowest BCUT2D eigenvalue weighted by Crippen LogP contribution is -2.04. The number of nitrogens with zero attached hydrogens (tertiary/aromatic N) is 1. The van der Waals surface area contributed by atoms with E-state index in [1.54, 1.807) is 0 Å². The van der Waals surface area contributed by atoms with Crippen LogP contribution in [-0.2, 0) is 13.0 Å². The number of aromatic nitrogens is 1. The van der Waals surface area contributed by atoms with E-state index in [1.807, 2.05) is 18.2 Å². The van der Waals surface area contributed by atoms with Crippen LogP contribution in [0, 0.1) is 6.92 Å². The third-order valence-corrected chi connectivity index (χ3v) is 5.03. The van der Waals surface area contributed by atoms with Gasteiger partial charge in [-0.25, -0.2) is 0 Å². The highest BCUT2D eigenvalue weighted by atomic mass is 35.5. The molecule has 2 nitrogen and oxygen atoms in total. The Kier molecular flexibility index (Phi) is 4.96. The highest BCUT2D eigenvalue weighted by Crippen LogP contribution is 2.34. The number of halogens is 2. The van der Waals surface area contributed by atoms with Crippen molar-refractivity contribution in [1.82, 2.24) is 4.57 Å². The summed E-state index contributed by atoms with van der Waals surface area (Å²) in [5, 5.41) is 2.38. The summed E-state index contributed by atoms with van der Waals surface area (Å²) in [4.78, 5) is 0. The second kappa shape index (κ2) is 6.96. The second-order valence-electron chi connectivity index (χ2n) is 5.81. The van der Waals surface area contributed by atoms with E-state index in [4.69, 9.17) is 28.9 Å². The molecule has 0 radical (unpaired) electrons. The fourth-order valence-corrected chi connectivity index (χ4v) is 3.43. The molecular formula is C19H20Cl2N2. The molecule has 0 fully saturated rings. The predicted octanol–water partition coefficient (Wildman–Crippen LogP) is 5.20. The van der Waals surface area contributed by atoms with Crippen LogP contribution < -0.4 is 5.73 Å². The molecule has 0 amide bonds. The molecule has 0 bridgehead atoms. The quantitative estimate of drug-likeness (QED) is 0.676. The number of aryl methyl sites for hydroxylation is 1. The zero-order valence-corrected chi connectivity index (χ0v) is 14.7. The molecule has 1 heterocycles. The van der Waals surface area contributed by atoms with Crippen LogP contribution in [0.1, 0.15) is 23.2 Å². The first-order valence-corrected chi connectivity index (χ1v) is 8.58. The van der Waals surface area contributed by atoms with Gasteiger partial charge in [0.15, 0.2) is 0 Å². The van der Waals surface area contributed by atoms with Gasteiger partial charge >= 0.3 is 0 Å². The highest BCUT2D eigenvalue weighted by molar-refractivity contribution is 6.42. The molecule has 120 valence electrons. The van der Waals surface area contributed by atoms with E-state index in [1.165, 1.54) is 22.2 Å². The molecule has 0 spiro atoms. The van der Waals surface area contributed by atoms with Crippen LogP contribution in [0.3, 0.4) is 0 Å². The van der Waals surface area contributed by atoms with Gasteiger partial charge in [-0.15, -0.1) is 0 Å². The van der Waals surface area contributed by atoms with Crippen LogP contribution >= 0.6 is 23.2 Å². The first kappa shape index (κ1) is 16.4. The molecule has 0 saturated heterocycles. The zero-order chi connectivity index (χ0) is 16.4. The number of rotatable bonds is 5.